The molecule has 1 aromatic carbocycles. The van der Waals surface area contributed by atoms with E-state index < -0.39 is 16.0 Å². The van der Waals surface area contributed by atoms with Crippen molar-refractivity contribution >= 4 is 27.6 Å². The summed E-state index contributed by atoms with van der Waals surface area (Å²) < 4.78 is 33.2. The molecule has 0 radical (unpaired) electrons. The van der Waals surface area contributed by atoms with E-state index in [0.717, 1.165) is 5.56 Å². The molecule has 0 amide bonds. The lowest BCUT2D eigenvalue weighted by Gasteiger charge is -2.09. The lowest BCUT2D eigenvalue weighted by atomic mass is 10.2. The number of methoxy groups -OCH3 is 1. The van der Waals surface area contributed by atoms with Crippen LogP contribution in [0.4, 0.5) is 0 Å². The molecule has 0 spiro atoms. The summed E-state index contributed by atoms with van der Waals surface area (Å²) in [5.74, 6) is -0.583. The average molecular weight is 358 g/mol. The predicted molar refractivity (Wildman–Crippen MR) is 84.9 cm³/mol. The molecular formula is C14H16ClN3O4S. The van der Waals surface area contributed by atoms with Gasteiger partial charge < -0.3 is 4.74 Å². The van der Waals surface area contributed by atoms with Crippen molar-refractivity contribution in [1.29, 1.82) is 0 Å². The number of aryl methyl sites for hydroxylation is 1. The van der Waals surface area contributed by atoms with E-state index in [1.165, 1.54) is 25.3 Å². The number of nitrogens with zero attached hydrogens (tertiary/aromatic N) is 2. The summed E-state index contributed by atoms with van der Waals surface area (Å²) in [5.41, 5.74) is 1.11. The Kier molecular flexibility index (Phi) is 5.40. The molecule has 0 aliphatic rings. The zero-order chi connectivity index (χ0) is 17.0. The fraction of sp³-hybridized carbons (Fsp3) is 0.286. The number of carbonyl (C=O) groups is 1. The maximum absolute atomic E-state index is 12.3. The van der Waals surface area contributed by atoms with Crippen LogP contribution in [0.25, 0.3) is 0 Å². The Morgan fingerprint density at radius 2 is 2.17 bits per heavy atom. The predicted octanol–water partition coefficient (Wildman–Crippen LogP) is 1.38. The van der Waals surface area contributed by atoms with Crippen molar-refractivity contribution < 1.29 is 17.9 Å². The lowest BCUT2D eigenvalue weighted by Crippen LogP contribution is -2.26. The largest absolute Gasteiger partial charge is 0.465 e. The quantitative estimate of drug-likeness (QED) is 0.789. The van der Waals surface area contributed by atoms with Crippen LogP contribution in [-0.4, -0.2) is 37.8 Å². The molecule has 0 saturated heterocycles. The van der Waals surface area contributed by atoms with E-state index in [9.17, 15) is 13.2 Å². The number of halogens is 1. The second kappa shape index (κ2) is 7.12. The third-order valence-corrected chi connectivity index (χ3v) is 5.05. The van der Waals surface area contributed by atoms with Crippen LogP contribution in [0.15, 0.2) is 35.5 Å². The van der Waals surface area contributed by atoms with E-state index >= 15 is 0 Å². The molecule has 7 nitrogen and oxygen atoms in total. The van der Waals surface area contributed by atoms with E-state index in [0.29, 0.717) is 6.42 Å². The van der Waals surface area contributed by atoms with E-state index in [4.69, 9.17) is 11.6 Å². The van der Waals surface area contributed by atoms with E-state index in [1.54, 1.807) is 17.9 Å². The first-order chi connectivity index (χ1) is 10.8. The van der Waals surface area contributed by atoms with E-state index in [1.807, 2.05) is 6.20 Å². The van der Waals surface area contributed by atoms with Gasteiger partial charge in [-0.25, -0.2) is 17.9 Å². The second-order valence-corrected chi connectivity index (χ2v) is 6.95. The van der Waals surface area contributed by atoms with Crippen LogP contribution in [0.5, 0.6) is 0 Å². The van der Waals surface area contributed by atoms with Gasteiger partial charge in [-0.05, 0) is 30.2 Å². The third-order valence-electron chi connectivity index (χ3n) is 3.11. The third kappa shape index (κ3) is 4.31. The number of aromatic nitrogens is 2. The van der Waals surface area contributed by atoms with Crippen molar-refractivity contribution in [3.63, 3.8) is 0 Å². The number of benzene rings is 1. The van der Waals surface area contributed by atoms with Crippen LogP contribution >= 0.6 is 11.6 Å². The highest BCUT2D eigenvalue weighted by Crippen LogP contribution is 2.23. The summed E-state index contributed by atoms with van der Waals surface area (Å²) in [5, 5.41) is 3.97. The Labute approximate surface area is 139 Å². The first kappa shape index (κ1) is 17.5. The summed E-state index contributed by atoms with van der Waals surface area (Å²) in [6.45, 7) is 0.211. The summed E-state index contributed by atoms with van der Waals surface area (Å²) >= 11 is 5.97. The molecular weight excluding hydrogens is 342 g/mol. The van der Waals surface area contributed by atoms with Crippen molar-refractivity contribution in [3.05, 3.63) is 46.7 Å². The van der Waals surface area contributed by atoms with Gasteiger partial charge in [0.1, 0.15) is 4.90 Å². The Morgan fingerprint density at radius 3 is 2.74 bits per heavy atom. The van der Waals surface area contributed by atoms with Gasteiger partial charge in [0, 0.05) is 19.8 Å². The SMILES string of the molecule is COC(=O)c1ccc(S(=O)(=O)NCCc2cnn(C)c2)c(Cl)c1. The highest BCUT2D eigenvalue weighted by molar-refractivity contribution is 7.89. The first-order valence-corrected chi connectivity index (χ1v) is 8.54. The first-order valence-electron chi connectivity index (χ1n) is 6.68. The molecule has 2 aromatic rings. The summed E-state index contributed by atoms with van der Waals surface area (Å²) in [7, 11) is -0.740. The minimum atomic E-state index is -3.76. The molecule has 2 rings (SSSR count). The normalized spacial score (nSPS) is 11.4. The van der Waals surface area contributed by atoms with E-state index in [-0.39, 0.29) is 22.0 Å². The van der Waals surface area contributed by atoms with Crippen LogP contribution in [0, 0.1) is 0 Å². The van der Waals surface area contributed by atoms with Gasteiger partial charge in [0.05, 0.1) is 23.9 Å². The average Bonchev–Trinajstić information content (AvgIpc) is 2.91. The fourth-order valence-corrected chi connectivity index (χ4v) is 3.55. The lowest BCUT2D eigenvalue weighted by molar-refractivity contribution is 0.0600. The van der Waals surface area contributed by atoms with Crippen LogP contribution in [-0.2, 0) is 28.2 Å². The van der Waals surface area contributed by atoms with Crippen molar-refractivity contribution in [2.45, 2.75) is 11.3 Å². The van der Waals surface area contributed by atoms with Crippen molar-refractivity contribution in [1.82, 2.24) is 14.5 Å². The monoisotopic (exact) mass is 357 g/mol. The highest BCUT2D eigenvalue weighted by Gasteiger charge is 2.19. The zero-order valence-corrected chi connectivity index (χ0v) is 14.2. The van der Waals surface area contributed by atoms with Gasteiger partial charge in [0.15, 0.2) is 0 Å². The standard InChI is InChI=1S/C14H16ClN3O4S/c1-18-9-10(8-16-18)5-6-17-23(20,21)13-4-3-11(7-12(13)15)14(19)22-2/h3-4,7-9,17H,5-6H2,1-2H3. The van der Waals surface area contributed by atoms with Crippen LogP contribution < -0.4 is 4.72 Å². The molecule has 0 aliphatic carbocycles. The number of hydrogen-bond donors (Lipinski definition) is 1. The minimum Gasteiger partial charge on any atom is -0.465 e. The van der Waals surface area contributed by atoms with Crippen molar-refractivity contribution in [3.8, 4) is 0 Å². The molecule has 1 aromatic heterocycles. The van der Waals surface area contributed by atoms with Gasteiger partial charge in [-0.3, -0.25) is 4.68 Å². The highest BCUT2D eigenvalue weighted by atomic mass is 35.5. The molecule has 9 heteroatoms. The number of esters is 1. The Balaban J connectivity index is 2.08. The number of ether oxygens (including phenoxy) is 1. The van der Waals surface area contributed by atoms with Crippen molar-refractivity contribution in [2.75, 3.05) is 13.7 Å². The number of carbonyl (C=O) groups excluding carboxylic acids is 1. The molecule has 23 heavy (non-hydrogen) atoms. The van der Waals surface area contributed by atoms with Crippen LogP contribution in [0.1, 0.15) is 15.9 Å². The Bertz CT molecular complexity index is 817. The molecule has 1 heterocycles. The number of nitrogens with one attached hydrogen (secondary N) is 1. The molecule has 0 atom stereocenters. The van der Waals surface area contributed by atoms with E-state index in [2.05, 4.69) is 14.6 Å². The molecule has 0 aliphatic heterocycles. The van der Waals surface area contributed by atoms with Gasteiger partial charge in [0.2, 0.25) is 10.0 Å². The van der Waals surface area contributed by atoms with Gasteiger partial charge in [0.25, 0.3) is 0 Å². The second-order valence-electron chi connectivity index (χ2n) is 4.81. The van der Waals surface area contributed by atoms with Gasteiger partial charge in [-0.15, -0.1) is 0 Å². The van der Waals surface area contributed by atoms with Gasteiger partial charge >= 0.3 is 5.97 Å². The van der Waals surface area contributed by atoms with Gasteiger partial charge in [-0.2, -0.15) is 5.10 Å². The molecule has 0 unspecified atom stereocenters. The minimum absolute atomic E-state index is 0.0400. The molecule has 124 valence electrons. The maximum atomic E-state index is 12.3. The molecule has 0 bridgehead atoms. The van der Waals surface area contributed by atoms with Crippen LogP contribution in [0.2, 0.25) is 5.02 Å². The van der Waals surface area contributed by atoms with Gasteiger partial charge in [-0.1, -0.05) is 11.6 Å². The number of hydrogen-bond acceptors (Lipinski definition) is 5. The summed E-state index contributed by atoms with van der Waals surface area (Å²) in [6.07, 6.45) is 3.99. The summed E-state index contributed by atoms with van der Waals surface area (Å²) in [6, 6.07) is 3.90. The summed E-state index contributed by atoms with van der Waals surface area (Å²) in [4.78, 5) is 11.3. The molecule has 0 fully saturated rings. The molecule has 1 N–H and O–H groups in total. The zero-order valence-electron chi connectivity index (χ0n) is 12.6. The topological polar surface area (TPSA) is 90.3 Å². The molecule has 0 saturated carbocycles. The van der Waals surface area contributed by atoms with Crippen LogP contribution in [0.3, 0.4) is 0 Å². The number of rotatable bonds is 6. The Morgan fingerprint density at radius 1 is 1.43 bits per heavy atom. The number of sulfonamides is 1. The fourth-order valence-electron chi connectivity index (χ4n) is 1.97. The maximum Gasteiger partial charge on any atom is 0.337 e. The Hall–Kier alpha value is -1.90. The van der Waals surface area contributed by atoms with Crippen molar-refractivity contribution in [2.24, 2.45) is 7.05 Å². The smallest absolute Gasteiger partial charge is 0.337 e.